The van der Waals surface area contributed by atoms with Gasteiger partial charge in [-0.15, -0.1) is 0 Å². The van der Waals surface area contributed by atoms with E-state index in [-0.39, 0.29) is 6.04 Å². The number of aromatic nitrogens is 1. The fourth-order valence-electron chi connectivity index (χ4n) is 2.01. The second-order valence-corrected chi connectivity index (χ2v) is 5.53. The summed E-state index contributed by atoms with van der Waals surface area (Å²) in [7, 11) is 1.85. The number of hydrogen-bond donors (Lipinski definition) is 1. The minimum Gasteiger partial charge on any atom is -0.316 e. The van der Waals surface area contributed by atoms with E-state index in [0.29, 0.717) is 6.42 Å². The third-order valence-electron chi connectivity index (χ3n) is 3.12. The molecule has 0 spiro atoms. The van der Waals surface area contributed by atoms with Crippen molar-refractivity contribution in [2.24, 2.45) is 0 Å². The summed E-state index contributed by atoms with van der Waals surface area (Å²) in [6.07, 6.45) is 3.09. The Morgan fingerprint density at radius 2 is 1.95 bits per heavy atom. The first-order valence-electron chi connectivity index (χ1n) is 6.30. The molecule has 1 heterocycles. The Morgan fingerprint density at radius 3 is 2.55 bits per heavy atom. The predicted molar refractivity (Wildman–Crippen MR) is 78.6 cm³/mol. The van der Waals surface area contributed by atoms with Crippen molar-refractivity contribution in [1.82, 2.24) is 10.3 Å². The molecule has 2 aromatic rings. The molecule has 1 unspecified atom stereocenters. The van der Waals surface area contributed by atoms with E-state index in [1.165, 1.54) is 6.07 Å². The van der Waals surface area contributed by atoms with E-state index in [4.69, 9.17) is 0 Å². The van der Waals surface area contributed by atoms with Crippen LogP contribution in [0.3, 0.4) is 0 Å². The first-order valence-corrected chi connectivity index (χ1v) is 7.09. The monoisotopic (exact) mass is 340 g/mol. The molecule has 1 atom stereocenters. The largest absolute Gasteiger partial charge is 0.316 e. The highest BCUT2D eigenvalue weighted by atomic mass is 79.9. The van der Waals surface area contributed by atoms with Crippen molar-refractivity contribution in [2.45, 2.75) is 18.9 Å². The summed E-state index contributed by atoms with van der Waals surface area (Å²) in [6.45, 7) is 0. The number of hydrogen-bond acceptors (Lipinski definition) is 2. The van der Waals surface area contributed by atoms with Crippen molar-refractivity contribution >= 4 is 15.9 Å². The Hall–Kier alpha value is -1.33. The van der Waals surface area contributed by atoms with Crippen LogP contribution < -0.4 is 5.32 Å². The average molecular weight is 341 g/mol. The summed E-state index contributed by atoms with van der Waals surface area (Å²) in [5, 5.41) is 3.18. The second-order valence-electron chi connectivity index (χ2n) is 4.61. The number of likely N-dealkylation sites (N-methyl/N-ethyl adjacent to an activating group) is 1. The van der Waals surface area contributed by atoms with Gasteiger partial charge in [0.25, 0.3) is 0 Å². The van der Waals surface area contributed by atoms with Gasteiger partial charge in [-0.25, -0.2) is 8.78 Å². The molecule has 1 N–H and O–H groups in total. The summed E-state index contributed by atoms with van der Waals surface area (Å²) in [4.78, 5) is 4.32. The summed E-state index contributed by atoms with van der Waals surface area (Å²) in [5.74, 6) is -1.62. The van der Waals surface area contributed by atoms with Crippen LogP contribution in [-0.4, -0.2) is 18.1 Å². The van der Waals surface area contributed by atoms with E-state index in [2.05, 4.69) is 26.2 Å². The maximum absolute atomic E-state index is 13.2. The molecule has 1 aromatic carbocycles. The molecule has 106 valence electrons. The second kappa shape index (κ2) is 6.90. The normalized spacial score (nSPS) is 12.4. The Bertz CT molecular complexity index is 573. The van der Waals surface area contributed by atoms with E-state index >= 15 is 0 Å². The van der Waals surface area contributed by atoms with Gasteiger partial charge in [0.1, 0.15) is 0 Å². The Labute approximate surface area is 125 Å². The SMILES string of the molecule is CNC(Cc1ccc(F)c(F)c1)Cc1ccc(Br)cn1. The number of benzene rings is 1. The quantitative estimate of drug-likeness (QED) is 0.901. The maximum Gasteiger partial charge on any atom is 0.159 e. The van der Waals surface area contributed by atoms with Gasteiger partial charge in [0.2, 0.25) is 0 Å². The molecule has 0 saturated heterocycles. The highest BCUT2D eigenvalue weighted by molar-refractivity contribution is 9.10. The Morgan fingerprint density at radius 1 is 1.15 bits per heavy atom. The van der Waals surface area contributed by atoms with Gasteiger partial charge in [-0.2, -0.15) is 0 Å². The molecule has 0 amide bonds. The molecule has 1 aromatic heterocycles. The molecule has 5 heteroatoms. The van der Waals surface area contributed by atoms with Crippen LogP contribution in [0.4, 0.5) is 8.78 Å². The van der Waals surface area contributed by atoms with Crippen LogP contribution in [0, 0.1) is 11.6 Å². The third kappa shape index (κ3) is 4.08. The van der Waals surface area contributed by atoms with Crippen LogP contribution in [0.15, 0.2) is 41.0 Å². The summed E-state index contributed by atoms with van der Waals surface area (Å²) < 4.78 is 27.0. The Balaban J connectivity index is 2.04. The number of rotatable bonds is 5. The summed E-state index contributed by atoms with van der Waals surface area (Å²) >= 11 is 3.34. The summed E-state index contributed by atoms with van der Waals surface area (Å²) in [5.41, 5.74) is 1.72. The standard InChI is InChI=1S/C15H15BrF2N2/c1-19-13(8-12-4-3-11(16)9-20-12)6-10-2-5-14(17)15(18)7-10/h2-5,7,9,13,19H,6,8H2,1H3. The smallest absolute Gasteiger partial charge is 0.159 e. The van der Waals surface area contributed by atoms with E-state index in [0.717, 1.165) is 28.2 Å². The number of pyridine rings is 1. The lowest BCUT2D eigenvalue weighted by atomic mass is 10.0. The zero-order chi connectivity index (χ0) is 14.5. The predicted octanol–water partition coefficient (Wildman–Crippen LogP) is 3.50. The highest BCUT2D eigenvalue weighted by Gasteiger charge is 2.11. The topological polar surface area (TPSA) is 24.9 Å². The molecule has 0 aliphatic rings. The van der Waals surface area contributed by atoms with Crippen molar-refractivity contribution in [3.05, 3.63) is 63.9 Å². The van der Waals surface area contributed by atoms with Crippen molar-refractivity contribution in [1.29, 1.82) is 0 Å². The number of halogens is 3. The van der Waals surface area contributed by atoms with Gasteiger partial charge >= 0.3 is 0 Å². The minimum atomic E-state index is -0.815. The van der Waals surface area contributed by atoms with Gasteiger partial charge in [0, 0.05) is 28.8 Å². The molecule has 2 nitrogen and oxygen atoms in total. The summed E-state index contributed by atoms with van der Waals surface area (Å²) in [6, 6.07) is 8.02. The molecule has 2 rings (SSSR count). The van der Waals surface area contributed by atoms with E-state index in [9.17, 15) is 8.78 Å². The zero-order valence-electron chi connectivity index (χ0n) is 11.0. The van der Waals surface area contributed by atoms with E-state index in [1.54, 1.807) is 12.3 Å². The van der Waals surface area contributed by atoms with Crippen LogP contribution in [0.1, 0.15) is 11.3 Å². The van der Waals surface area contributed by atoms with E-state index in [1.807, 2.05) is 19.2 Å². The Kier molecular flexibility index (Phi) is 5.20. The first-order chi connectivity index (χ1) is 9.58. The average Bonchev–Trinajstić information content (AvgIpc) is 2.44. The van der Waals surface area contributed by atoms with Gasteiger partial charge in [-0.3, -0.25) is 4.98 Å². The molecule has 0 fully saturated rings. The van der Waals surface area contributed by atoms with Gasteiger partial charge in [-0.05, 0) is 59.2 Å². The molecule has 0 saturated carbocycles. The zero-order valence-corrected chi connectivity index (χ0v) is 12.6. The van der Waals surface area contributed by atoms with Crippen LogP contribution in [0.5, 0.6) is 0 Å². The lowest BCUT2D eigenvalue weighted by molar-refractivity contribution is 0.502. The first kappa shape index (κ1) is 15.1. The molecule has 20 heavy (non-hydrogen) atoms. The number of nitrogens with zero attached hydrogens (tertiary/aromatic N) is 1. The fourth-order valence-corrected chi connectivity index (χ4v) is 2.24. The lowest BCUT2D eigenvalue weighted by Crippen LogP contribution is -2.30. The maximum atomic E-state index is 13.2. The van der Waals surface area contributed by atoms with Crippen molar-refractivity contribution < 1.29 is 8.78 Å². The van der Waals surface area contributed by atoms with Crippen LogP contribution >= 0.6 is 15.9 Å². The molecular weight excluding hydrogens is 326 g/mol. The van der Waals surface area contributed by atoms with Crippen LogP contribution in [-0.2, 0) is 12.8 Å². The van der Waals surface area contributed by atoms with E-state index < -0.39 is 11.6 Å². The molecule has 0 bridgehead atoms. The van der Waals surface area contributed by atoms with Gasteiger partial charge in [-0.1, -0.05) is 6.07 Å². The fraction of sp³-hybridized carbons (Fsp3) is 0.267. The van der Waals surface area contributed by atoms with Gasteiger partial charge in [0.05, 0.1) is 0 Å². The molecule has 0 radical (unpaired) electrons. The van der Waals surface area contributed by atoms with Crippen LogP contribution in [0.25, 0.3) is 0 Å². The van der Waals surface area contributed by atoms with Crippen molar-refractivity contribution in [2.75, 3.05) is 7.05 Å². The minimum absolute atomic E-state index is 0.119. The highest BCUT2D eigenvalue weighted by Crippen LogP contribution is 2.13. The number of nitrogens with one attached hydrogen (secondary N) is 1. The van der Waals surface area contributed by atoms with Crippen LogP contribution in [0.2, 0.25) is 0 Å². The molecular formula is C15H15BrF2N2. The molecule has 0 aliphatic carbocycles. The van der Waals surface area contributed by atoms with Crippen molar-refractivity contribution in [3.8, 4) is 0 Å². The van der Waals surface area contributed by atoms with Gasteiger partial charge < -0.3 is 5.32 Å². The van der Waals surface area contributed by atoms with Gasteiger partial charge in [0.15, 0.2) is 11.6 Å². The van der Waals surface area contributed by atoms with Crippen molar-refractivity contribution in [3.63, 3.8) is 0 Å². The third-order valence-corrected chi connectivity index (χ3v) is 3.59. The molecule has 0 aliphatic heterocycles. The lowest BCUT2D eigenvalue weighted by Gasteiger charge is -2.16.